The Morgan fingerprint density at radius 2 is 1.38 bits per heavy atom. The molecule has 3 N–H and O–H groups in total. The van der Waals surface area contributed by atoms with Crippen molar-refractivity contribution >= 4 is 56.9 Å². The average Bonchev–Trinajstić information content (AvgIpc) is 3.76. The molecule has 0 amide bonds. The van der Waals surface area contributed by atoms with Gasteiger partial charge in [0.1, 0.15) is 16.9 Å². The fraction of sp³-hybridized carbons (Fsp3) is 0.138. The van der Waals surface area contributed by atoms with Crippen LogP contribution < -0.4 is 10.5 Å². The molecule has 6 rings (SSSR count). The van der Waals surface area contributed by atoms with Gasteiger partial charge in [-0.3, -0.25) is 20.2 Å². The standard InChI is InChI=1S/C10H7NO5.C10H11NO3.C9H5NO5/c1-15-10(12)9-5-6-4-7(11(13)14)2-3-8(6)16-9;1-13-10(12)9-5-6-4-7(11)2-3-8(6)14-9;11-9(12)8-4-5-3-6(10(13)14)1-2-7(5)15-8/h2-5H,1H3;2-4,9H,5,11H2,1H3;1-4H,(H,11,12). The van der Waals surface area contributed by atoms with Crippen molar-refractivity contribution in [1.82, 2.24) is 0 Å². The van der Waals surface area contributed by atoms with Crippen LogP contribution in [-0.4, -0.2) is 53.2 Å². The van der Waals surface area contributed by atoms with Gasteiger partial charge in [-0.25, -0.2) is 14.4 Å². The number of nitrogens with zero attached hydrogens (tertiary/aromatic N) is 2. The van der Waals surface area contributed by atoms with Crippen LogP contribution in [0, 0.1) is 20.2 Å². The van der Waals surface area contributed by atoms with E-state index in [4.69, 9.17) is 24.4 Å². The number of aromatic carboxylic acids is 1. The summed E-state index contributed by atoms with van der Waals surface area (Å²) in [4.78, 5) is 52.8. The summed E-state index contributed by atoms with van der Waals surface area (Å²) in [6.07, 6.45) is 0.0179. The first-order chi connectivity index (χ1) is 21.4. The zero-order chi connectivity index (χ0) is 32.8. The molecule has 1 unspecified atom stereocenters. The van der Waals surface area contributed by atoms with Crippen LogP contribution in [0.5, 0.6) is 5.75 Å². The predicted molar refractivity (Wildman–Crippen MR) is 155 cm³/mol. The number of fused-ring (bicyclic) bond motifs is 3. The molecule has 0 radical (unpaired) electrons. The maximum absolute atomic E-state index is 11.2. The molecular formula is C29H23N3O13. The molecule has 0 saturated carbocycles. The highest BCUT2D eigenvalue weighted by Crippen LogP contribution is 2.31. The van der Waals surface area contributed by atoms with Gasteiger partial charge in [0.05, 0.1) is 24.1 Å². The number of rotatable bonds is 5. The van der Waals surface area contributed by atoms with Gasteiger partial charge in [-0.2, -0.15) is 0 Å². The number of nitro benzene ring substituents is 2. The van der Waals surface area contributed by atoms with Crippen LogP contribution in [0.4, 0.5) is 17.1 Å². The fourth-order valence-electron chi connectivity index (χ4n) is 4.13. The minimum atomic E-state index is -1.20. The molecule has 232 valence electrons. The molecule has 2 aromatic heterocycles. The minimum Gasteiger partial charge on any atom is -0.478 e. The highest BCUT2D eigenvalue weighted by atomic mass is 16.6. The van der Waals surface area contributed by atoms with Gasteiger partial charge in [-0.05, 0) is 42.5 Å². The molecule has 1 atom stereocenters. The molecule has 1 aliphatic rings. The van der Waals surface area contributed by atoms with Crippen molar-refractivity contribution < 1.29 is 52.4 Å². The van der Waals surface area contributed by atoms with E-state index < -0.39 is 27.9 Å². The number of anilines is 1. The number of nitrogen functional groups attached to an aromatic ring is 1. The van der Waals surface area contributed by atoms with Crippen molar-refractivity contribution in [2.45, 2.75) is 12.5 Å². The molecule has 0 fully saturated rings. The second-order valence-electron chi connectivity index (χ2n) is 9.18. The number of nitro groups is 2. The Bertz CT molecular complexity index is 1930. The molecule has 0 spiro atoms. The number of hydrogen-bond acceptors (Lipinski definition) is 13. The quantitative estimate of drug-likeness (QED) is 0.115. The lowest BCUT2D eigenvalue weighted by atomic mass is 10.1. The normalized spacial score (nSPS) is 12.9. The van der Waals surface area contributed by atoms with Gasteiger partial charge < -0.3 is 33.9 Å². The Morgan fingerprint density at radius 3 is 1.89 bits per heavy atom. The van der Waals surface area contributed by atoms with Crippen molar-refractivity contribution in [1.29, 1.82) is 0 Å². The van der Waals surface area contributed by atoms with E-state index in [-0.39, 0.29) is 28.9 Å². The van der Waals surface area contributed by atoms with E-state index in [2.05, 4.69) is 9.47 Å². The number of ether oxygens (including phenoxy) is 3. The molecule has 16 heteroatoms. The van der Waals surface area contributed by atoms with Crippen LogP contribution in [0.25, 0.3) is 21.9 Å². The van der Waals surface area contributed by atoms with E-state index in [1.807, 2.05) is 6.07 Å². The molecule has 3 aromatic carbocycles. The van der Waals surface area contributed by atoms with Gasteiger partial charge in [0, 0.05) is 52.7 Å². The molecule has 1 aliphatic heterocycles. The summed E-state index contributed by atoms with van der Waals surface area (Å²) in [5.74, 6) is -1.65. The Kier molecular flexibility index (Phi) is 9.26. The Labute approximate surface area is 251 Å². The van der Waals surface area contributed by atoms with Crippen LogP contribution in [0.2, 0.25) is 0 Å². The average molecular weight is 622 g/mol. The maximum atomic E-state index is 11.2. The number of non-ortho nitro benzene ring substituents is 2. The number of carboxylic acids is 1. The number of carbonyl (C=O) groups is 3. The number of methoxy groups -OCH3 is 2. The van der Waals surface area contributed by atoms with E-state index in [1.165, 1.54) is 62.8 Å². The lowest BCUT2D eigenvalue weighted by molar-refractivity contribution is -0.384. The lowest BCUT2D eigenvalue weighted by Gasteiger charge is -2.06. The Balaban J connectivity index is 0.000000154. The lowest BCUT2D eigenvalue weighted by Crippen LogP contribution is -2.26. The summed E-state index contributed by atoms with van der Waals surface area (Å²) in [6, 6.07) is 16.0. The van der Waals surface area contributed by atoms with Gasteiger partial charge in [-0.1, -0.05) is 0 Å². The van der Waals surface area contributed by atoms with E-state index in [9.17, 15) is 34.6 Å². The third kappa shape index (κ3) is 7.31. The van der Waals surface area contributed by atoms with Crippen molar-refractivity contribution in [3.05, 3.63) is 104 Å². The number of nitrogens with two attached hydrogens (primary N) is 1. The van der Waals surface area contributed by atoms with E-state index in [0.717, 1.165) is 11.3 Å². The van der Waals surface area contributed by atoms with Crippen LogP contribution in [0.15, 0.2) is 75.6 Å². The van der Waals surface area contributed by atoms with Gasteiger partial charge >= 0.3 is 17.9 Å². The number of hydrogen-bond donors (Lipinski definition) is 2. The van der Waals surface area contributed by atoms with Gasteiger partial charge in [0.2, 0.25) is 11.5 Å². The smallest absolute Gasteiger partial charge is 0.373 e. The second-order valence-corrected chi connectivity index (χ2v) is 9.18. The molecule has 45 heavy (non-hydrogen) atoms. The monoisotopic (exact) mass is 621 g/mol. The van der Waals surface area contributed by atoms with Gasteiger partial charge in [0.25, 0.3) is 11.4 Å². The van der Waals surface area contributed by atoms with Crippen molar-refractivity contribution in [2.75, 3.05) is 20.0 Å². The molecular weight excluding hydrogens is 598 g/mol. The maximum Gasteiger partial charge on any atom is 0.373 e. The van der Waals surface area contributed by atoms with Crippen LogP contribution in [-0.2, 0) is 20.7 Å². The fourth-order valence-corrected chi connectivity index (χ4v) is 4.13. The second kappa shape index (κ2) is 13.2. The number of furan rings is 2. The first kappa shape index (κ1) is 31.5. The minimum absolute atomic E-state index is 0.0259. The third-order valence-corrected chi connectivity index (χ3v) is 6.24. The van der Waals surface area contributed by atoms with Gasteiger partial charge in [0.15, 0.2) is 6.10 Å². The zero-order valence-corrected chi connectivity index (χ0v) is 23.5. The highest BCUT2D eigenvalue weighted by molar-refractivity contribution is 5.93. The summed E-state index contributed by atoms with van der Waals surface area (Å²) < 4.78 is 24.6. The van der Waals surface area contributed by atoms with Crippen molar-refractivity contribution in [3.63, 3.8) is 0 Å². The molecule has 3 heterocycles. The van der Waals surface area contributed by atoms with E-state index >= 15 is 0 Å². The molecule has 5 aromatic rings. The third-order valence-electron chi connectivity index (χ3n) is 6.24. The van der Waals surface area contributed by atoms with Gasteiger partial charge in [-0.15, -0.1) is 0 Å². The van der Waals surface area contributed by atoms with E-state index in [0.29, 0.717) is 34.0 Å². The van der Waals surface area contributed by atoms with Crippen LogP contribution in [0.1, 0.15) is 26.7 Å². The first-order valence-corrected chi connectivity index (χ1v) is 12.7. The number of carbonyl (C=O) groups excluding carboxylic acids is 2. The molecule has 0 saturated heterocycles. The SMILES string of the molecule is COC(=O)C1Cc2cc(N)ccc2O1.COC(=O)c1cc2cc([N+](=O)[O-])ccc2o1.O=C(O)c1cc2cc([N+](=O)[O-])ccc2o1. The molecule has 16 nitrogen and oxygen atoms in total. The molecule has 0 aliphatic carbocycles. The van der Waals surface area contributed by atoms with Crippen molar-refractivity contribution in [2.24, 2.45) is 0 Å². The van der Waals surface area contributed by atoms with E-state index in [1.54, 1.807) is 12.1 Å². The largest absolute Gasteiger partial charge is 0.478 e. The Morgan fingerprint density at radius 1 is 0.822 bits per heavy atom. The summed E-state index contributed by atoms with van der Waals surface area (Å²) >= 11 is 0. The first-order valence-electron chi connectivity index (χ1n) is 12.7. The zero-order valence-electron chi connectivity index (χ0n) is 23.5. The predicted octanol–water partition coefficient (Wildman–Crippen LogP) is 4.91. The van der Waals surface area contributed by atoms with Crippen molar-refractivity contribution in [3.8, 4) is 5.75 Å². The number of benzene rings is 3. The van der Waals surface area contributed by atoms with Crippen LogP contribution >= 0.6 is 0 Å². The summed E-state index contributed by atoms with van der Waals surface area (Å²) in [5.41, 5.74) is 7.83. The topological polar surface area (TPSA) is 238 Å². The summed E-state index contributed by atoms with van der Waals surface area (Å²) in [5, 5.41) is 30.5. The molecule has 0 bridgehead atoms. The summed E-state index contributed by atoms with van der Waals surface area (Å²) in [7, 11) is 2.58. The number of carboxylic acid groups (broad SMARTS) is 1. The Hall–Kier alpha value is -6.45. The highest BCUT2D eigenvalue weighted by Gasteiger charge is 2.29. The summed E-state index contributed by atoms with van der Waals surface area (Å²) in [6.45, 7) is 0. The number of esters is 2. The van der Waals surface area contributed by atoms with Crippen LogP contribution in [0.3, 0.4) is 0 Å².